The summed E-state index contributed by atoms with van der Waals surface area (Å²) in [7, 11) is 0. The van der Waals surface area contributed by atoms with Crippen molar-refractivity contribution in [3.8, 4) is 5.75 Å². The molecule has 0 spiro atoms. The van der Waals surface area contributed by atoms with Gasteiger partial charge in [0, 0.05) is 43.4 Å². The molecule has 2 rings (SSSR count). The molecule has 9 heteroatoms. The summed E-state index contributed by atoms with van der Waals surface area (Å²) in [6, 6.07) is 1.92. The number of benzene rings is 1. The van der Waals surface area contributed by atoms with E-state index < -0.39 is 11.7 Å². The third kappa shape index (κ3) is 8.32. The van der Waals surface area contributed by atoms with Crippen LogP contribution in [0.5, 0.6) is 5.75 Å². The molecule has 172 valence electrons. The van der Waals surface area contributed by atoms with Crippen molar-refractivity contribution < 1.29 is 27.5 Å². The number of alkyl halides is 3. The lowest BCUT2D eigenvalue weighted by molar-refractivity contribution is -0.137. The van der Waals surface area contributed by atoms with Gasteiger partial charge in [0.05, 0.1) is 11.4 Å². The highest BCUT2D eigenvalue weighted by atomic mass is 19.4. The van der Waals surface area contributed by atoms with Crippen molar-refractivity contribution in [3.63, 3.8) is 0 Å². The first-order chi connectivity index (χ1) is 14.6. The van der Waals surface area contributed by atoms with Crippen molar-refractivity contribution in [2.24, 2.45) is 5.73 Å². The summed E-state index contributed by atoms with van der Waals surface area (Å²) in [5.74, 6) is -0.153. The van der Waals surface area contributed by atoms with E-state index >= 15 is 0 Å². The molecule has 1 aliphatic rings. The van der Waals surface area contributed by atoms with Crippen LogP contribution in [0.2, 0.25) is 0 Å². The fourth-order valence-corrected chi connectivity index (χ4v) is 3.61. The lowest BCUT2D eigenvalue weighted by Crippen LogP contribution is -2.22. The molecule has 1 saturated heterocycles. The average Bonchev–Trinajstić information content (AvgIpc) is 3.15. The van der Waals surface area contributed by atoms with Crippen LogP contribution in [-0.2, 0) is 28.6 Å². The van der Waals surface area contributed by atoms with E-state index in [-0.39, 0.29) is 59.6 Å². The lowest BCUT2D eigenvalue weighted by Gasteiger charge is -2.21. The number of nitrogens with two attached hydrogens (primary N) is 1. The SMILES string of the molecule is CC(=O)Cc1cc(C(F)(F)F)cc(CC(=O)CCCCCC(=N)N)c1OC1CCNC1. The second-order valence-electron chi connectivity index (χ2n) is 8.03. The normalized spacial score (nSPS) is 16.3. The number of hydrogen-bond donors (Lipinski definition) is 3. The number of carbonyl (C=O) groups is 2. The van der Waals surface area contributed by atoms with Crippen LogP contribution in [0.15, 0.2) is 12.1 Å². The largest absolute Gasteiger partial charge is 0.488 e. The van der Waals surface area contributed by atoms with Gasteiger partial charge in [-0.25, -0.2) is 0 Å². The second kappa shape index (κ2) is 11.3. The molecule has 0 saturated carbocycles. The number of unbranched alkanes of at least 4 members (excludes halogenated alkanes) is 2. The number of halogens is 3. The predicted octanol–water partition coefficient (Wildman–Crippen LogP) is 3.58. The van der Waals surface area contributed by atoms with Crippen LogP contribution in [0.3, 0.4) is 0 Å². The zero-order valence-electron chi connectivity index (χ0n) is 17.7. The minimum atomic E-state index is -4.59. The molecule has 0 aliphatic carbocycles. The van der Waals surface area contributed by atoms with Crippen LogP contribution in [0, 0.1) is 5.41 Å². The molecular weight excluding hydrogens is 411 g/mol. The van der Waals surface area contributed by atoms with Gasteiger partial charge >= 0.3 is 6.18 Å². The third-order valence-corrected chi connectivity index (χ3v) is 5.10. The maximum absolute atomic E-state index is 13.5. The van der Waals surface area contributed by atoms with Gasteiger partial charge in [-0.15, -0.1) is 0 Å². The molecule has 1 unspecified atom stereocenters. The standard InChI is InChI=1S/C22H30F3N3O3/c1-14(29)9-15-10-17(22(23,24)25)11-16(21(15)31-19-7-8-28-13-19)12-18(30)5-3-2-4-6-20(26)27/h10-11,19,28H,2-9,12-13H2,1H3,(H3,26,27). The Hall–Kier alpha value is -2.42. The van der Waals surface area contributed by atoms with Crippen LogP contribution >= 0.6 is 0 Å². The van der Waals surface area contributed by atoms with Crippen molar-refractivity contribution in [2.45, 2.75) is 70.6 Å². The van der Waals surface area contributed by atoms with Crippen LogP contribution < -0.4 is 15.8 Å². The van der Waals surface area contributed by atoms with E-state index in [0.717, 1.165) is 18.7 Å². The van der Waals surface area contributed by atoms with Gasteiger partial charge in [0.25, 0.3) is 0 Å². The maximum Gasteiger partial charge on any atom is 0.416 e. The first-order valence-electron chi connectivity index (χ1n) is 10.5. The van der Waals surface area contributed by atoms with Crippen molar-refractivity contribution in [1.82, 2.24) is 5.32 Å². The fraction of sp³-hybridized carbons (Fsp3) is 0.591. The molecule has 31 heavy (non-hydrogen) atoms. The van der Waals surface area contributed by atoms with Gasteiger partial charge in [-0.3, -0.25) is 15.0 Å². The Labute approximate surface area is 180 Å². The summed E-state index contributed by atoms with van der Waals surface area (Å²) >= 11 is 0. The van der Waals surface area contributed by atoms with E-state index in [2.05, 4.69) is 5.32 Å². The molecule has 1 atom stereocenters. The number of Topliss-reactive ketones (excluding diaryl/α,β-unsaturated/α-hetero) is 2. The molecule has 1 aromatic rings. The Morgan fingerprint density at radius 1 is 1.16 bits per heavy atom. The molecule has 6 nitrogen and oxygen atoms in total. The highest BCUT2D eigenvalue weighted by Gasteiger charge is 2.33. The van der Waals surface area contributed by atoms with Gasteiger partial charge in [0.15, 0.2) is 0 Å². The summed E-state index contributed by atoms with van der Waals surface area (Å²) in [5, 5.41) is 10.3. The van der Waals surface area contributed by atoms with Gasteiger partial charge < -0.3 is 15.8 Å². The third-order valence-electron chi connectivity index (χ3n) is 5.10. The quantitative estimate of drug-likeness (QED) is 0.261. The topological polar surface area (TPSA) is 105 Å². The summed E-state index contributed by atoms with van der Waals surface area (Å²) in [4.78, 5) is 24.2. The van der Waals surface area contributed by atoms with Crippen LogP contribution in [0.4, 0.5) is 13.2 Å². The van der Waals surface area contributed by atoms with E-state index in [1.54, 1.807) is 0 Å². The summed E-state index contributed by atoms with van der Waals surface area (Å²) in [6.07, 6.45) is -1.82. The Morgan fingerprint density at radius 3 is 2.35 bits per heavy atom. The molecule has 0 bridgehead atoms. The molecule has 4 N–H and O–H groups in total. The van der Waals surface area contributed by atoms with Gasteiger partial charge in [0.2, 0.25) is 0 Å². The number of hydrogen-bond acceptors (Lipinski definition) is 5. The monoisotopic (exact) mass is 441 g/mol. The molecule has 0 radical (unpaired) electrons. The van der Waals surface area contributed by atoms with E-state index in [4.69, 9.17) is 15.9 Å². The fourth-order valence-electron chi connectivity index (χ4n) is 3.61. The molecular formula is C22H30F3N3O3. The number of nitrogens with one attached hydrogen (secondary N) is 2. The van der Waals surface area contributed by atoms with Crippen LogP contribution in [0.1, 0.15) is 62.1 Å². The Bertz CT molecular complexity index is 803. The van der Waals surface area contributed by atoms with E-state index in [1.807, 2.05) is 0 Å². The van der Waals surface area contributed by atoms with Gasteiger partial charge in [-0.05, 0) is 44.9 Å². The smallest absolute Gasteiger partial charge is 0.416 e. The molecule has 1 heterocycles. The Balaban J connectivity index is 2.24. The number of amidine groups is 1. The number of carbonyl (C=O) groups excluding carboxylic acids is 2. The zero-order valence-corrected chi connectivity index (χ0v) is 17.7. The Kier molecular flexibility index (Phi) is 9.03. The van der Waals surface area contributed by atoms with Crippen molar-refractivity contribution in [1.29, 1.82) is 5.41 Å². The predicted molar refractivity (Wildman–Crippen MR) is 111 cm³/mol. The number of ether oxygens (including phenoxy) is 1. The second-order valence-corrected chi connectivity index (χ2v) is 8.03. The lowest BCUT2D eigenvalue weighted by atomic mass is 9.95. The van der Waals surface area contributed by atoms with Gasteiger partial charge in [-0.1, -0.05) is 6.42 Å². The molecule has 1 aliphatic heterocycles. The zero-order chi connectivity index (χ0) is 23.0. The molecule has 1 fully saturated rings. The maximum atomic E-state index is 13.5. The van der Waals surface area contributed by atoms with E-state index in [9.17, 15) is 22.8 Å². The van der Waals surface area contributed by atoms with Gasteiger partial charge in [0.1, 0.15) is 23.4 Å². The summed E-state index contributed by atoms with van der Waals surface area (Å²) < 4.78 is 46.4. The van der Waals surface area contributed by atoms with Gasteiger partial charge in [-0.2, -0.15) is 13.2 Å². The van der Waals surface area contributed by atoms with Crippen molar-refractivity contribution in [2.75, 3.05) is 13.1 Å². The first kappa shape index (κ1) is 24.8. The molecule has 1 aromatic carbocycles. The average molecular weight is 441 g/mol. The van der Waals surface area contributed by atoms with E-state index in [1.165, 1.54) is 6.92 Å². The van der Waals surface area contributed by atoms with Crippen LogP contribution in [0.25, 0.3) is 0 Å². The summed E-state index contributed by atoms with van der Waals surface area (Å²) in [5.41, 5.74) is 4.75. The van der Waals surface area contributed by atoms with Crippen molar-refractivity contribution in [3.05, 3.63) is 28.8 Å². The molecule has 0 amide bonds. The van der Waals surface area contributed by atoms with E-state index in [0.29, 0.717) is 38.6 Å². The summed E-state index contributed by atoms with van der Waals surface area (Å²) in [6.45, 7) is 2.61. The highest BCUT2D eigenvalue weighted by molar-refractivity contribution is 5.83. The number of ketones is 2. The molecule has 0 aromatic heterocycles. The Morgan fingerprint density at radius 2 is 1.81 bits per heavy atom. The van der Waals surface area contributed by atoms with Crippen molar-refractivity contribution >= 4 is 17.4 Å². The minimum absolute atomic E-state index is 0.0940. The first-order valence-corrected chi connectivity index (χ1v) is 10.5. The number of rotatable bonds is 12. The van der Waals surface area contributed by atoms with Crippen LogP contribution in [-0.4, -0.2) is 36.6 Å². The minimum Gasteiger partial charge on any atom is -0.488 e. The highest BCUT2D eigenvalue weighted by Crippen LogP contribution is 2.37.